The third kappa shape index (κ3) is 2.46. The smallest absolute Gasteiger partial charge is 0.449 e. The fourth-order valence-corrected chi connectivity index (χ4v) is 3.93. The second-order valence-electron chi connectivity index (χ2n) is 5.84. The van der Waals surface area contributed by atoms with Crippen molar-refractivity contribution in [3.63, 3.8) is 0 Å². The van der Waals surface area contributed by atoms with Crippen molar-refractivity contribution in [3.05, 3.63) is 34.6 Å². The van der Waals surface area contributed by atoms with E-state index in [-0.39, 0.29) is 76.1 Å². The molecule has 0 heterocycles. The predicted octanol–water partition coefficient (Wildman–Crippen LogP) is 1.80. The van der Waals surface area contributed by atoms with E-state index in [0.29, 0.717) is 17.0 Å². The summed E-state index contributed by atoms with van der Waals surface area (Å²) in [5.41, 5.74) is 0.00506. The minimum atomic E-state index is -4.76. The quantitative estimate of drug-likeness (QED) is 0.589. The summed E-state index contributed by atoms with van der Waals surface area (Å²) in [5, 5.41) is -1.11. The van der Waals surface area contributed by atoms with Crippen LogP contribution in [0.4, 0.5) is 17.3 Å². The molecule has 1 aromatic carbocycles. The van der Waals surface area contributed by atoms with Crippen molar-refractivity contribution in [1.82, 2.24) is 0 Å². The number of hydrogen-bond donors (Lipinski definition) is 0. The Morgan fingerprint density at radius 2 is 1.74 bits per heavy atom. The van der Waals surface area contributed by atoms with E-state index < -0.39 is 18.1 Å². The summed E-state index contributed by atoms with van der Waals surface area (Å²) in [4.78, 5) is 0. The molecule has 98 valence electrons. The number of benzene rings is 1. The molecule has 0 aromatic heterocycles. The van der Waals surface area contributed by atoms with Crippen molar-refractivity contribution >= 4 is 18.6 Å². The van der Waals surface area contributed by atoms with Crippen LogP contribution in [0.2, 0.25) is 10.3 Å². The Bertz CT molecular complexity index is 477. The SMILES string of the molecule is Fc1cccc(Cl)c1CC12CC([B-](F)(F)F)(C1)C2.[K+]. The topological polar surface area (TPSA) is 0 Å². The maximum absolute atomic E-state index is 13.6. The predicted molar refractivity (Wildman–Crippen MR) is 63.2 cm³/mol. The fourth-order valence-electron chi connectivity index (χ4n) is 3.70. The molecule has 1 aromatic rings. The second-order valence-corrected chi connectivity index (χ2v) is 6.25. The summed E-state index contributed by atoms with van der Waals surface area (Å²) in [6.07, 6.45) is 0.767. The zero-order chi connectivity index (χ0) is 13.2. The van der Waals surface area contributed by atoms with Gasteiger partial charge in [0.25, 0.3) is 0 Å². The molecule has 19 heavy (non-hydrogen) atoms. The van der Waals surface area contributed by atoms with E-state index >= 15 is 0 Å². The van der Waals surface area contributed by atoms with Gasteiger partial charge in [0.2, 0.25) is 0 Å². The van der Waals surface area contributed by atoms with Gasteiger partial charge in [0, 0.05) is 10.6 Å². The molecule has 0 aliphatic heterocycles. The van der Waals surface area contributed by atoms with Gasteiger partial charge in [0.1, 0.15) is 5.82 Å². The minimum absolute atomic E-state index is 0. The van der Waals surface area contributed by atoms with Gasteiger partial charge in [-0.15, -0.1) is 0 Å². The van der Waals surface area contributed by atoms with E-state index in [2.05, 4.69) is 0 Å². The van der Waals surface area contributed by atoms with Gasteiger partial charge in [0.05, 0.1) is 0 Å². The Kier molecular flexibility index (Phi) is 4.28. The van der Waals surface area contributed by atoms with Gasteiger partial charge >= 0.3 is 58.4 Å². The minimum Gasteiger partial charge on any atom is -0.449 e. The molecular formula is C12H11BClF4K. The monoisotopic (exact) mass is 316 g/mol. The third-order valence-electron chi connectivity index (χ3n) is 4.49. The van der Waals surface area contributed by atoms with Gasteiger partial charge in [-0.1, -0.05) is 42.2 Å². The van der Waals surface area contributed by atoms with Crippen LogP contribution in [0.3, 0.4) is 0 Å². The van der Waals surface area contributed by atoms with Crippen LogP contribution >= 0.6 is 11.6 Å². The summed E-state index contributed by atoms with van der Waals surface area (Å²) in [7, 11) is 0. The average Bonchev–Trinajstić information content (AvgIpc) is 2.09. The molecule has 7 heteroatoms. The van der Waals surface area contributed by atoms with Crippen molar-refractivity contribution in [2.24, 2.45) is 5.41 Å². The van der Waals surface area contributed by atoms with Gasteiger partial charge in [-0.2, -0.15) is 0 Å². The van der Waals surface area contributed by atoms with Gasteiger partial charge in [-0.3, -0.25) is 0 Å². The number of rotatable bonds is 3. The molecule has 0 nitrogen and oxygen atoms in total. The first kappa shape index (κ1) is 16.3. The molecule has 3 saturated carbocycles. The average molecular weight is 317 g/mol. The first-order valence-corrected chi connectivity index (χ1v) is 6.27. The molecule has 4 rings (SSSR count). The molecule has 3 fully saturated rings. The van der Waals surface area contributed by atoms with Crippen LogP contribution in [0.5, 0.6) is 0 Å². The zero-order valence-electron chi connectivity index (χ0n) is 10.5. The second kappa shape index (κ2) is 4.99. The van der Waals surface area contributed by atoms with Crippen molar-refractivity contribution in [1.29, 1.82) is 0 Å². The van der Waals surface area contributed by atoms with Crippen LogP contribution < -0.4 is 51.4 Å². The first-order valence-electron chi connectivity index (χ1n) is 5.89. The van der Waals surface area contributed by atoms with Crippen LogP contribution in [0.1, 0.15) is 24.8 Å². The first-order chi connectivity index (χ1) is 8.27. The largest absolute Gasteiger partial charge is 1.00 e. The Hall–Kier alpha value is 0.931. The van der Waals surface area contributed by atoms with E-state index in [4.69, 9.17) is 11.6 Å². The van der Waals surface area contributed by atoms with Crippen LogP contribution in [-0.4, -0.2) is 6.98 Å². The van der Waals surface area contributed by atoms with Crippen LogP contribution in [0.25, 0.3) is 0 Å². The summed E-state index contributed by atoms with van der Waals surface area (Å²) in [6.45, 7) is -4.76. The van der Waals surface area contributed by atoms with Crippen LogP contribution in [0.15, 0.2) is 18.2 Å². The molecule has 0 N–H and O–H groups in total. The van der Waals surface area contributed by atoms with E-state index in [9.17, 15) is 17.3 Å². The molecule has 0 atom stereocenters. The molecule has 0 saturated heterocycles. The van der Waals surface area contributed by atoms with Crippen LogP contribution in [0, 0.1) is 11.2 Å². The molecule has 0 amide bonds. The van der Waals surface area contributed by atoms with Crippen molar-refractivity contribution < 1.29 is 68.7 Å². The van der Waals surface area contributed by atoms with Gasteiger partial charge < -0.3 is 12.9 Å². The summed E-state index contributed by atoms with van der Waals surface area (Å²) in [5.74, 6) is -0.418. The summed E-state index contributed by atoms with van der Waals surface area (Å²) < 4.78 is 51.8. The summed E-state index contributed by atoms with van der Waals surface area (Å²) in [6, 6.07) is 4.38. The maximum atomic E-state index is 13.6. The number of hydrogen-bond acceptors (Lipinski definition) is 0. The Balaban J connectivity index is 0.00000133. The molecular weight excluding hydrogens is 305 g/mol. The van der Waals surface area contributed by atoms with E-state index in [1.807, 2.05) is 0 Å². The number of halogens is 5. The standard InChI is InChI=1S/C12H11BClF4.K/c14-9-2-1-3-10(15)8(9)4-11-5-12(6-11,7-11)13(16,17)18;/h1-3H,4-7H2;/q-1;+1. The normalized spacial score (nSPS) is 32.1. The molecule has 3 aliphatic carbocycles. The molecule has 0 radical (unpaired) electrons. The van der Waals surface area contributed by atoms with E-state index in [1.54, 1.807) is 6.07 Å². The Morgan fingerprint density at radius 3 is 2.21 bits per heavy atom. The molecule has 2 bridgehead atoms. The fraction of sp³-hybridized carbons (Fsp3) is 0.500. The third-order valence-corrected chi connectivity index (χ3v) is 4.84. The van der Waals surface area contributed by atoms with E-state index in [1.165, 1.54) is 12.1 Å². The van der Waals surface area contributed by atoms with Crippen molar-refractivity contribution in [2.45, 2.75) is 31.0 Å². The maximum Gasteiger partial charge on any atom is 1.00 e. The van der Waals surface area contributed by atoms with E-state index in [0.717, 1.165) is 0 Å². The van der Waals surface area contributed by atoms with Crippen LogP contribution in [-0.2, 0) is 6.42 Å². The Morgan fingerprint density at radius 1 is 1.16 bits per heavy atom. The zero-order valence-corrected chi connectivity index (χ0v) is 14.4. The molecule has 0 unspecified atom stereocenters. The molecule has 0 spiro atoms. The van der Waals surface area contributed by atoms with Gasteiger partial charge in [0.15, 0.2) is 0 Å². The van der Waals surface area contributed by atoms with Crippen molar-refractivity contribution in [3.8, 4) is 0 Å². The summed E-state index contributed by atoms with van der Waals surface area (Å²) >= 11 is 5.90. The Labute approximate surface area is 156 Å². The van der Waals surface area contributed by atoms with Crippen molar-refractivity contribution in [2.75, 3.05) is 0 Å². The van der Waals surface area contributed by atoms with Gasteiger partial charge in [-0.25, -0.2) is 4.39 Å². The van der Waals surface area contributed by atoms with Gasteiger partial charge in [-0.05, 0) is 24.0 Å². The molecule has 3 aliphatic rings.